The molecule has 0 aliphatic rings. The van der Waals surface area contributed by atoms with E-state index >= 15 is 0 Å². The van der Waals surface area contributed by atoms with Crippen LogP contribution in [0.2, 0.25) is 0 Å². The number of nitrogens with zero attached hydrogens (tertiary/aromatic N) is 3. The largest absolute Gasteiger partial charge is 0.496 e. The number of ether oxygens (including phenoxy) is 1. The molecule has 0 saturated heterocycles. The van der Waals surface area contributed by atoms with E-state index in [0.717, 1.165) is 22.4 Å². The third-order valence-corrected chi connectivity index (χ3v) is 5.65. The fourth-order valence-electron chi connectivity index (χ4n) is 3.18. The van der Waals surface area contributed by atoms with Gasteiger partial charge in [0.05, 0.1) is 17.9 Å². The number of aromatic nitrogens is 3. The highest BCUT2D eigenvalue weighted by atomic mass is 32.2. The second-order valence-corrected chi connectivity index (χ2v) is 8.21. The Bertz CT molecular complexity index is 1020. The second kappa shape index (κ2) is 8.57. The number of anilines is 1. The monoisotopic (exact) mass is 411 g/mol. The highest BCUT2D eigenvalue weighted by Crippen LogP contribution is 2.31. The van der Waals surface area contributed by atoms with Gasteiger partial charge in [0.1, 0.15) is 5.75 Å². The molecule has 2 aromatic carbocycles. The van der Waals surface area contributed by atoms with Crippen LogP contribution in [0.1, 0.15) is 23.6 Å². The molecule has 0 aliphatic heterocycles. The molecule has 0 radical (unpaired) electrons. The van der Waals surface area contributed by atoms with Crippen molar-refractivity contribution in [2.24, 2.45) is 0 Å². The Morgan fingerprint density at radius 3 is 2.48 bits per heavy atom. The summed E-state index contributed by atoms with van der Waals surface area (Å²) in [5.74, 6) is 7.22. The summed E-state index contributed by atoms with van der Waals surface area (Å²) in [7, 11) is 1.59. The average molecular weight is 412 g/mol. The maximum absolute atomic E-state index is 12.7. The summed E-state index contributed by atoms with van der Waals surface area (Å²) in [5, 5.41) is 11.4. The number of nitrogens with one attached hydrogen (secondary N) is 1. The zero-order valence-corrected chi connectivity index (χ0v) is 18.0. The van der Waals surface area contributed by atoms with Crippen molar-refractivity contribution in [2.75, 3.05) is 18.3 Å². The number of hydrogen-bond donors (Lipinski definition) is 2. The summed E-state index contributed by atoms with van der Waals surface area (Å²) < 4.78 is 6.76. The highest BCUT2D eigenvalue weighted by molar-refractivity contribution is 8.00. The van der Waals surface area contributed by atoms with Crippen LogP contribution in [0.25, 0.3) is 11.4 Å². The molecule has 3 N–H and O–H groups in total. The fraction of sp³-hybridized carbons (Fsp3) is 0.286. The summed E-state index contributed by atoms with van der Waals surface area (Å²) in [6.45, 7) is 7.83. The van der Waals surface area contributed by atoms with Gasteiger partial charge in [-0.3, -0.25) is 4.79 Å². The maximum Gasteiger partial charge on any atom is 0.237 e. The minimum Gasteiger partial charge on any atom is -0.496 e. The number of rotatable bonds is 6. The lowest BCUT2D eigenvalue weighted by atomic mass is 10.1. The Balaban J connectivity index is 1.77. The van der Waals surface area contributed by atoms with Crippen LogP contribution in [0, 0.1) is 20.8 Å². The molecular formula is C21H25N5O2S. The summed E-state index contributed by atoms with van der Waals surface area (Å²) >= 11 is 1.25. The lowest BCUT2D eigenvalue weighted by Crippen LogP contribution is -2.24. The molecule has 3 rings (SSSR count). The van der Waals surface area contributed by atoms with Crippen LogP contribution in [0.3, 0.4) is 0 Å². The fourth-order valence-corrected chi connectivity index (χ4v) is 3.95. The molecule has 1 unspecified atom stereocenters. The van der Waals surface area contributed by atoms with Gasteiger partial charge in [0, 0.05) is 5.69 Å². The molecule has 0 aliphatic carbocycles. The Labute approximate surface area is 174 Å². The molecule has 1 amide bonds. The molecular weight excluding hydrogens is 386 g/mol. The van der Waals surface area contributed by atoms with Gasteiger partial charge in [0.25, 0.3) is 0 Å². The van der Waals surface area contributed by atoms with Crippen LogP contribution in [-0.4, -0.2) is 33.1 Å². The van der Waals surface area contributed by atoms with Crippen LogP contribution in [-0.2, 0) is 4.79 Å². The molecule has 7 nitrogen and oxygen atoms in total. The number of benzene rings is 2. The molecule has 8 heteroatoms. The zero-order chi connectivity index (χ0) is 21.1. The van der Waals surface area contributed by atoms with Crippen molar-refractivity contribution in [1.29, 1.82) is 0 Å². The number of aryl methyl sites for hydroxylation is 3. The zero-order valence-electron chi connectivity index (χ0n) is 17.2. The molecule has 29 heavy (non-hydrogen) atoms. The standard InChI is InChI=1S/C21H25N5O2S/c1-12-10-13(2)18(14(3)11-12)23-20(27)15(4)29-21-25-24-19(26(21)22)16-8-6-7-9-17(16)28-5/h6-11,15H,22H2,1-5H3,(H,23,27). The number of nitrogens with two attached hydrogens (primary N) is 1. The van der Waals surface area contributed by atoms with Gasteiger partial charge in [-0.2, -0.15) is 0 Å². The average Bonchev–Trinajstić information content (AvgIpc) is 3.04. The van der Waals surface area contributed by atoms with E-state index < -0.39 is 5.25 Å². The number of carbonyl (C=O) groups excluding carboxylic acids is 1. The van der Waals surface area contributed by atoms with E-state index in [9.17, 15) is 4.79 Å². The van der Waals surface area contributed by atoms with E-state index in [1.165, 1.54) is 22.0 Å². The smallest absolute Gasteiger partial charge is 0.237 e. The van der Waals surface area contributed by atoms with Gasteiger partial charge < -0.3 is 15.9 Å². The van der Waals surface area contributed by atoms with E-state index in [-0.39, 0.29) is 5.91 Å². The van der Waals surface area contributed by atoms with Gasteiger partial charge >= 0.3 is 0 Å². The second-order valence-electron chi connectivity index (χ2n) is 6.90. The predicted molar refractivity (Wildman–Crippen MR) is 117 cm³/mol. The Morgan fingerprint density at radius 1 is 1.17 bits per heavy atom. The molecule has 1 aromatic heterocycles. The predicted octanol–water partition coefficient (Wildman–Crippen LogP) is 3.71. The SMILES string of the molecule is COc1ccccc1-c1nnc(SC(C)C(=O)Nc2c(C)cc(C)cc2C)n1N. The normalized spacial score (nSPS) is 11.9. The third-order valence-electron chi connectivity index (χ3n) is 4.59. The molecule has 0 bridgehead atoms. The number of methoxy groups -OCH3 is 1. The van der Waals surface area contributed by atoms with E-state index in [2.05, 4.69) is 27.6 Å². The van der Waals surface area contributed by atoms with Crippen LogP contribution in [0.4, 0.5) is 5.69 Å². The van der Waals surface area contributed by atoms with Gasteiger partial charge in [-0.15, -0.1) is 10.2 Å². The first-order valence-corrected chi connectivity index (χ1v) is 10.1. The van der Waals surface area contributed by atoms with Crippen molar-refractivity contribution in [2.45, 2.75) is 38.1 Å². The molecule has 1 heterocycles. The summed E-state index contributed by atoms with van der Waals surface area (Å²) in [6, 6.07) is 11.5. The summed E-state index contributed by atoms with van der Waals surface area (Å²) in [4.78, 5) is 12.7. The quantitative estimate of drug-likeness (QED) is 0.474. The first kappa shape index (κ1) is 20.7. The van der Waals surface area contributed by atoms with Crippen molar-refractivity contribution < 1.29 is 9.53 Å². The molecule has 0 fully saturated rings. The summed E-state index contributed by atoms with van der Waals surface area (Å²) in [6.07, 6.45) is 0. The lowest BCUT2D eigenvalue weighted by molar-refractivity contribution is -0.115. The van der Waals surface area contributed by atoms with E-state index in [1.54, 1.807) is 7.11 Å². The number of carbonyl (C=O) groups is 1. The topological polar surface area (TPSA) is 95.1 Å². The lowest BCUT2D eigenvalue weighted by Gasteiger charge is -2.16. The number of para-hydroxylation sites is 1. The van der Waals surface area contributed by atoms with Crippen LogP contribution in [0.15, 0.2) is 41.6 Å². The van der Waals surface area contributed by atoms with E-state index in [1.807, 2.05) is 52.0 Å². The van der Waals surface area contributed by atoms with Gasteiger partial charge in [0.15, 0.2) is 5.82 Å². The van der Waals surface area contributed by atoms with E-state index in [0.29, 0.717) is 16.7 Å². The minimum atomic E-state index is -0.410. The molecule has 0 saturated carbocycles. The molecule has 3 aromatic rings. The third kappa shape index (κ3) is 4.37. The Kier molecular flexibility index (Phi) is 6.12. The Hall–Kier alpha value is -3.00. The van der Waals surface area contributed by atoms with Crippen molar-refractivity contribution in [1.82, 2.24) is 14.9 Å². The first-order chi connectivity index (χ1) is 13.8. The number of amides is 1. The highest BCUT2D eigenvalue weighted by Gasteiger charge is 2.22. The maximum atomic E-state index is 12.7. The molecule has 0 spiro atoms. The van der Waals surface area contributed by atoms with Gasteiger partial charge in [0.2, 0.25) is 11.1 Å². The minimum absolute atomic E-state index is 0.119. The van der Waals surface area contributed by atoms with Crippen LogP contribution in [0.5, 0.6) is 5.75 Å². The van der Waals surface area contributed by atoms with Gasteiger partial charge in [-0.25, -0.2) is 4.68 Å². The number of thioether (sulfide) groups is 1. The number of nitrogen functional groups attached to an aromatic ring is 1. The van der Waals surface area contributed by atoms with Gasteiger partial charge in [-0.1, -0.05) is 41.6 Å². The van der Waals surface area contributed by atoms with Crippen molar-refractivity contribution in [3.63, 3.8) is 0 Å². The van der Waals surface area contributed by atoms with Crippen LogP contribution >= 0.6 is 11.8 Å². The number of hydrogen-bond acceptors (Lipinski definition) is 6. The van der Waals surface area contributed by atoms with Crippen molar-refractivity contribution >= 4 is 23.4 Å². The summed E-state index contributed by atoms with van der Waals surface area (Å²) in [5.41, 5.74) is 4.82. The van der Waals surface area contributed by atoms with Crippen molar-refractivity contribution in [3.8, 4) is 17.1 Å². The van der Waals surface area contributed by atoms with Gasteiger partial charge in [-0.05, 0) is 51.0 Å². The van der Waals surface area contributed by atoms with E-state index in [4.69, 9.17) is 10.6 Å². The van der Waals surface area contributed by atoms with Crippen LogP contribution < -0.4 is 15.9 Å². The molecule has 152 valence electrons. The Morgan fingerprint density at radius 2 is 1.83 bits per heavy atom. The molecule has 1 atom stereocenters. The van der Waals surface area contributed by atoms with Crippen molar-refractivity contribution in [3.05, 3.63) is 53.1 Å². The first-order valence-electron chi connectivity index (χ1n) is 9.21.